The lowest BCUT2D eigenvalue weighted by molar-refractivity contribution is 0.0746. The maximum atomic E-state index is 14.0. The van der Waals surface area contributed by atoms with Crippen LogP contribution >= 0.6 is 10.7 Å². The summed E-state index contributed by atoms with van der Waals surface area (Å²) in [4.78, 5) is 13.4. The van der Waals surface area contributed by atoms with Crippen LogP contribution in [-0.2, 0) is 9.05 Å². The van der Waals surface area contributed by atoms with Crippen molar-refractivity contribution in [2.24, 2.45) is 0 Å². The van der Waals surface area contributed by atoms with Crippen LogP contribution in [0.1, 0.15) is 30.1 Å². The third kappa shape index (κ3) is 3.13. The SMILES string of the molecule is COc1c(F)cc(C(=O)N2CCCC2C)cc1S(=O)(=O)Cl. The van der Waals surface area contributed by atoms with Crippen LogP contribution in [0.4, 0.5) is 4.39 Å². The fourth-order valence-corrected chi connectivity index (χ4v) is 3.49. The number of methoxy groups -OCH3 is 1. The minimum absolute atomic E-state index is 0.0405. The molecule has 0 spiro atoms. The lowest BCUT2D eigenvalue weighted by Gasteiger charge is -2.22. The van der Waals surface area contributed by atoms with Crippen LogP contribution < -0.4 is 4.74 Å². The van der Waals surface area contributed by atoms with E-state index in [0.29, 0.717) is 6.54 Å². The average Bonchev–Trinajstić information content (AvgIpc) is 2.82. The number of carbonyl (C=O) groups excluding carboxylic acids is 1. The molecule has 1 atom stereocenters. The van der Waals surface area contributed by atoms with E-state index in [1.165, 1.54) is 0 Å². The second kappa shape index (κ2) is 5.81. The highest BCUT2D eigenvalue weighted by molar-refractivity contribution is 8.13. The summed E-state index contributed by atoms with van der Waals surface area (Å²) in [6, 6.07) is 2.06. The van der Waals surface area contributed by atoms with Gasteiger partial charge in [0.2, 0.25) is 0 Å². The molecule has 2 rings (SSSR count). The second-order valence-electron chi connectivity index (χ2n) is 4.92. The van der Waals surface area contributed by atoms with E-state index in [1.807, 2.05) is 6.92 Å². The predicted molar refractivity (Wildman–Crippen MR) is 75.7 cm³/mol. The molecule has 1 heterocycles. The second-order valence-corrected chi connectivity index (χ2v) is 7.45. The Hall–Kier alpha value is -1.34. The molecule has 8 heteroatoms. The summed E-state index contributed by atoms with van der Waals surface area (Å²) in [7, 11) is 2.19. The van der Waals surface area contributed by atoms with Crippen molar-refractivity contribution >= 4 is 25.6 Å². The Morgan fingerprint density at radius 3 is 2.62 bits per heavy atom. The van der Waals surface area contributed by atoms with Gasteiger partial charge >= 0.3 is 0 Å². The van der Waals surface area contributed by atoms with Gasteiger partial charge in [0.15, 0.2) is 11.6 Å². The van der Waals surface area contributed by atoms with Gasteiger partial charge in [0.25, 0.3) is 15.0 Å². The van der Waals surface area contributed by atoms with Crippen LogP contribution in [-0.4, -0.2) is 38.9 Å². The van der Waals surface area contributed by atoms with Gasteiger partial charge in [-0.05, 0) is 31.9 Å². The van der Waals surface area contributed by atoms with Gasteiger partial charge in [-0.2, -0.15) is 0 Å². The minimum atomic E-state index is -4.22. The normalized spacial score (nSPS) is 18.9. The zero-order chi connectivity index (χ0) is 15.8. The van der Waals surface area contributed by atoms with Crippen molar-refractivity contribution < 1.29 is 22.3 Å². The number of halogens is 2. The summed E-state index contributed by atoms with van der Waals surface area (Å²) in [5.41, 5.74) is -0.0544. The van der Waals surface area contributed by atoms with E-state index in [2.05, 4.69) is 0 Å². The molecule has 1 fully saturated rings. The number of benzene rings is 1. The van der Waals surface area contributed by atoms with Gasteiger partial charge in [0.1, 0.15) is 4.90 Å². The average molecular weight is 336 g/mol. The Bertz CT molecular complexity index is 677. The minimum Gasteiger partial charge on any atom is -0.492 e. The predicted octanol–water partition coefficient (Wildman–Crippen LogP) is 2.39. The van der Waals surface area contributed by atoms with E-state index >= 15 is 0 Å². The molecule has 0 aromatic heterocycles. The Morgan fingerprint density at radius 2 is 2.14 bits per heavy atom. The van der Waals surface area contributed by atoms with Gasteiger partial charge in [-0.15, -0.1) is 0 Å². The molecule has 21 heavy (non-hydrogen) atoms. The van der Waals surface area contributed by atoms with Gasteiger partial charge in [0, 0.05) is 28.8 Å². The lowest BCUT2D eigenvalue weighted by atomic mass is 10.1. The van der Waals surface area contributed by atoms with Crippen molar-refractivity contribution in [2.45, 2.75) is 30.7 Å². The van der Waals surface area contributed by atoms with E-state index in [1.54, 1.807) is 4.90 Å². The fraction of sp³-hybridized carbons (Fsp3) is 0.462. The first kappa shape index (κ1) is 16.0. The quantitative estimate of drug-likeness (QED) is 0.796. The summed E-state index contributed by atoms with van der Waals surface area (Å²) in [6.07, 6.45) is 1.73. The summed E-state index contributed by atoms with van der Waals surface area (Å²) >= 11 is 0. The van der Waals surface area contributed by atoms with Crippen LogP contribution in [0, 0.1) is 5.82 Å². The molecule has 0 aliphatic carbocycles. The molecular weight excluding hydrogens is 321 g/mol. The molecule has 0 saturated carbocycles. The van der Waals surface area contributed by atoms with Crippen LogP contribution in [0.15, 0.2) is 17.0 Å². The Labute approximate surface area is 127 Å². The highest BCUT2D eigenvalue weighted by atomic mass is 35.7. The highest BCUT2D eigenvalue weighted by Gasteiger charge is 2.29. The Balaban J connectivity index is 2.51. The van der Waals surface area contributed by atoms with E-state index < -0.39 is 31.4 Å². The van der Waals surface area contributed by atoms with Crippen molar-refractivity contribution in [3.05, 3.63) is 23.5 Å². The summed E-state index contributed by atoms with van der Waals surface area (Å²) in [5, 5.41) is 0. The molecule has 1 aromatic carbocycles. The summed E-state index contributed by atoms with van der Waals surface area (Å²) < 4.78 is 41.7. The number of nitrogens with zero attached hydrogens (tertiary/aromatic N) is 1. The fourth-order valence-electron chi connectivity index (χ4n) is 2.47. The van der Waals surface area contributed by atoms with E-state index in [-0.39, 0.29) is 11.6 Å². The summed E-state index contributed by atoms with van der Waals surface area (Å²) in [6.45, 7) is 2.46. The molecule has 116 valence electrons. The maximum Gasteiger partial charge on any atom is 0.265 e. The maximum absolute atomic E-state index is 14.0. The molecular formula is C13H15ClFNO4S. The number of ether oxygens (including phenoxy) is 1. The molecule has 0 bridgehead atoms. The van der Waals surface area contributed by atoms with Gasteiger partial charge in [0.05, 0.1) is 7.11 Å². The standard InChI is InChI=1S/C13H15ClFNO4S/c1-8-4-3-5-16(8)13(17)9-6-10(15)12(20-2)11(7-9)21(14,18)19/h6-8H,3-5H2,1-2H3. The highest BCUT2D eigenvalue weighted by Crippen LogP contribution is 2.32. The van der Waals surface area contributed by atoms with Gasteiger partial charge in [-0.1, -0.05) is 0 Å². The molecule has 0 radical (unpaired) electrons. The number of hydrogen-bond acceptors (Lipinski definition) is 4. The van der Waals surface area contributed by atoms with Crippen molar-refractivity contribution in [3.8, 4) is 5.75 Å². The molecule has 1 aliphatic heterocycles. The molecule has 1 aliphatic rings. The monoisotopic (exact) mass is 335 g/mol. The van der Waals surface area contributed by atoms with Crippen molar-refractivity contribution in [1.29, 1.82) is 0 Å². The van der Waals surface area contributed by atoms with E-state index in [4.69, 9.17) is 15.4 Å². The zero-order valence-corrected chi connectivity index (χ0v) is 13.2. The van der Waals surface area contributed by atoms with Gasteiger partial charge in [-0.25, -0.2) is 12.8 Å². The first-order valence-corrected chi connectivity index (χ1v) is 8.69. The van der Waals surface area contributed by atoms with Crippen molar-refractivity contribution in [2.75, 3.05) is 13.7 Å². The van der Waals surface area contributed by atoms with Gasteiger partial charge < -0.3 is 9.64 Å². The van der Waals surface area contributed by atoms with Crippen LogP contribution in [0.5, 0.6) is 5.75 Å². The zero-order valence-electron chi connectivity index (χ0n) is 11.6. The molecule has 1 aromatic rings. The van der Waals surface area contributed by atoms with Crippen LogP contribution in [0.25, 0.3) is 0 Å². The van der Waals surface area contributed by atoms with Crippen molar-refractivity contribution in [3.63, 3.8) is 0 Å². The summed E-state index contributed by atoms with van der Waals surface area (Å²) in [5.74, 6) is -1.84. The molecule has 1 amide bonds. The van der Waals surface area contributed by atoms with Gasteiger partial charge in [-0.3, -0.25) is 4.79 Å². The van der Waals surface area contributed by atoms with Crippen molar-refractivity contribution in [1.82, 2.24) is 4.90 Å². The first-order valence-electron chi connectivity index (χ1n) is 6.39. The number of hydrogen-bond donors (Lipinski definition) is 0. The molecule has 0 N–H and O–H groups in total. The number of rotatable bonds is 3. The Kier molecular flexibility index (Phi) is 4.43. The van der Waals surface area contributed by atoms with Crippen LogP contribution in [0.3, 0.4) is 0 Å². The lowest BCUT2D eigenvalue weighted by Crippen LogP contribution is -2.33. The van der Waals surface area contributed by atoms with E-state index in [9.17, 15) is 17.6 Å². The first-order chi connectivity index (χ1) is 9.75. The Morgan fingerprint density at radius 1 is 1.48 bits per heavy atom. The molecule has 1 saturated heterocycles. The topological polar surface area (TPSA) is 63.7 Å². The largest absolute Gasteiger partial charge is 0.492 e. The van der Waals surface area contributed by atoms with E-state index in [0.717, 1.165) is 32.1 Å². The number of carbonyl (C=O) groups is 1. The number of likely N-dealkylation sites (tertiary alicyclic amines) is 1. The third-order valence-electron chi connectivity index (χ3n) is 3.54. The molecule has 1 unspecified atom stereocenters. The smallest absolute Gasteiger partial charge is 0.265 e. The number of amides is 1. The molecule has 5 nitrogen and oxygen atoms in total. The van der Waals surface area contributed by atoms with Crippen LogP contribution in [0.2, 0.25) is 0 Å². The third-order valence-corrected chi connectivity index (χ3v) is 4.86.